The van der Waals surface area contributed by atoms with Crippen molar-refractivity contribution in [1.82, 2.24) is 4.98 Å². The van der Waals surface area contributed by atoms with Gasteiger partial charge in [-0.05, 0) is 0 Å². The topological polar surface area (TPSA) is 49.8 Å². The van der Waals surface area contributed by atoms with Gasteiger partial charge < -0.3 is 18.9 Å². The van der Waals surface area contributed by atoms with Gasteiger partial charge in [0.15, 0.2) is 5.75 Å². The van der Waals surface area contributed by atoms with Gasteiger partial charge in [0, 0.05) is 0 Å². The molecule has 0 fully saturated rings. The summed E-state index contributed by atoms with van der Waals surface area (Å²) in [5, 5.41) is 0. The fourth-order valence-electron chi connectivity index (χ4n) is 1.16. The summed E-state index contributed by atoms with van der Waals surface area (Å²) in [7, 11) is 3.73. The van der Waals surface area contributed by atoms with E-state index in [4.69, 9.17) is 14.2 Å². The Hall–Kier alpha value is -1.86. The zero-order valence-corrected chi connectivity index (χ0v) is 9.29. The van der Waals surface area contributed by atoms with Crippen molar-refractivity contribution in [3.8, 4) is 23.1 Å². The van der Waals surface area contributed by atoms with E-state index in [-0.39, 0.29) is 17.4 Å². The molecule has 0 saturated carbocycles. The van der Waals surface area contributed by atoms with Gasteiger partial charge in [0.25, 0.3) is 5.88 Å². The number of pyridine rings is 1. The molecule has 8 heteroatoms. The van der Waals surface area contributed by atoms with Crippen molar-refractivity contribution in [2.45, 2.75) is 6.36 Å². The summed E-state index contributed by atoms with van der Waals surface area (Å²) in [6, 6.07) is 0. The van der Waals surface area contributed by atoms with Gasteiger partial charge in [0.2, 0.25) is 11.5 Å². The molecule has 0 aliphatic heterocycles. The van der Waals surface area contributed by atoms with E-state index in [0.29, 0.717) is 0 Å². The Kier molecular flexibility index (Phi) is 3.87. The molecule has 1 heterocycles. The Bertz CT molecular complexity index is 395. The van der Waals surface area contributed by atoms with Crippen LogP contribution in [0.25, 0.3) is 0 Å². The number of hydrogen-bond acceptors (Lipinski definition) is 5. The lowest BCUT2D eigenvalue weighted by atomic mass is 10.3. The molecule has 96 valence electrons. The van der Waals surface area contributed by atoms with Gasteiger partial charge in [-0.15, -0.1) is 13.2 Å². The molecular formula is C9H10F3NO4. The number of rotatable bonds is 4. The third-order valence-electron chi connectivity index (χ3n) is 1.75. The van der Waals surface area contributed by atoms with Crippen LogP contribution in [0, 0.1) is 0 Å². The zero-order chi connectivity index (χ0) is 13.1. The standard InChI is InChI=1S/C9H10F3NO4/c1-14-6-5(17-9(10,11)12)4-13-8(16-3)7(6)15-2/h4H,1-3H3. The van der Waals surface area contributed by atoms with E-state index in [1.54, 1.807) is 0 Å². The van der Waals surface area contributed by atoms with Crippen LogP contribution in [0.2, 0.25) is 0 Å². The van der Waals surface area contributed by atoms with Crippen molar-refractivity contribution >= 4 is 0 Å². The van der Waals surface area contributed by atoms with Crippen LogP contribution in [-0.4, -0.2) is 32.7 Å². The number of aromatic nitrogens is 1. The highest BCUT2D eigenvalue weighted by molar-refractivity contribution is 5.55. The van der Waals surface area contributed by atoms with Gasteiger partial charge in [-0.2, -0.15) is 0 Å². The Morgan fingerprint density at radius 2 is 1.59 bits per heavy atom. The lowest BCUT2D eigenvalue weighted by molar-refractivity contribution is -0.275. The first-order valence-electron chi connectivity index (χ1n) is 4.33. The number of alkyl halides is 3. The van der Waals surface area contributed by atoms with Crippen LogP contribution in [-0.2, 0) is 0 Å². The molecule has 0 spiro atoms. The molecule has 0 unspecified atom stereocenters. The predicted octanol–water partition coefficient (Wildman–Crippen LogP) is 2.01. The van der Waals surface area contributed by atoms with Gasteiger partial charge in [0.05, 0.1) is 27.5 Å². The maximum atomic E-state index is 12.1. The van der Waals surface area contributed by atoms with Crippen LogP contribution < -0.4 is 18.9 Å². The molecule has 0 saturated heterocycles. The van der Waals surface area contributed by atoms with Crippen molar-refractivity contribution in [1.29, 1.82) is 0 Å². The number of nitrogens with zero attached hydrogens (tertiary/aromatic N) is 1. The zero-order valence-electron chi connectivity index (χ0n) is 9.29. The molecule has 0 atom stereocenters. The van der Waals surface area contributed by atoms with Gasteiger partial charge in [-0.1, -0.05) is 0 Å². The second kappa shape index (κ2) is 4.98. The fraction of sp³-hybridized carbons (Fsp3) is 0.444. The highest BCUT2D eigenvalue weighted by Gasteiger charge is 2.34. The van der Waals surface area contributed by atoms with E-state index in [2.05, 4.69) is 9.72 Å². The molecule has 0 aliphatic carbocycles. The number of hydrogen-bond donors (Lipinski definition) is 0. The van der Waals surface area contributed by atoms with Gasteiger partial charge in [-0.3, -0.25) is 0 Å². The molecular weight excluding hydrogens is 243 g/mol. The Morgan fingerprint density at radius 3 is 2.00 bits per heavy atom. The summed E-state index contributed by atoms with van der Waals surface area (Å²) in [5.41, 5.74) is 0. The Balaban J connectivity index is 3.23. The first kappa shape index (κ1) is 13.2. The number of halogens is 3. The van der Waals surface area contributed by atoms with E-state index < -0.39 is 12.1 Å². The minimum absolute atomic E-state index is 0.00104. The smallest absolute Gasteiger partial charge is 0.490 e. The molecule has 1 rings (SSSR count). The predicted molar refractivity (Wildman–Crippen MR) is 50.6 cm³/mol. The molecule has 5 nitrogen and oxygen atoms in total. The molecule has 1 aromatic rings. The van der Waals surface area contributed by atoms with Crippen LogP contribution in [0.3, 0.4) is 0 Å². The Morgan fingerprint density at radius 1 is 1.00 bits per heavy atom. The second-order valence-electron chi connectivity index (χ2n) is 2.75. The van der Waals surface area contributed by atoms with Gasteiger partial charge in [0.1, 0.15) is 0 Å². The van der Waals surface area contributed by atoms with Crippen molar-refractivity contribution in [2.75, 3.05) is 21.3 Å². The summed E-state index contributed by atoms with van der Waals surface area (Å²) in [6.07, 6.45) is -4.00. The molecule has 0 amide bonds. The van der Waals surface area contributed by atoms with E-state index in [0.717, 1.165) is 6.20 Å². The molecule has 0 N–H and O–H groups in total. The summed E-state index contributed by atoms with van der Waals surface area (Å²) in [6.45, 7) is 0. The van der Waals surface area contributed by atoms with Crippen LogP contribution in [0.4, 0.5) is 13.2 Å². The summed E-state index contributed by atoms with van der Waals surface area (Å²) >= 11 is 0. The molecule has 17 heavy (non-hydrogen) atoms. The van der Waals surface area contributed by atoms with Crippen molar-refractivity contribution in [3.63, 3.8) is 0 Å². The summed E-state index contributed by atoms with van der Waals surface area (Å²) < 4.78 is 54.5. The SMILES string of the molecule is COc1ncc(OC(F)(F)F)c(OC)c1OC. The molecule has 1 aromatic heterocycles. The third kappa shape index (κ3) is 3.05. The molecule has 0 bridgehead atoms. The van der Waals surface area contributed by atoms with Crippen LogP contribution in [0.15, 0.2) is 6.20 Å². The summed E-state index contributed by atoms with van der Waals surface area (Å²) in [5.74, 6) is -0.912. The maximum absolute atomic E-state index is 12.1. The summed E-state index contributed by atoms with van der Waals surface area (Å²) in [4.78, 5) is 3.61. The fourth-order valence-corrected chi connectivity index (χ4v) is 1.16. The number of methoxy groups -OCH3 is 3. The van der Waals surface area contributed by atoms with Gasteiger partial charge >= 0.3 is 6.36 Å². The van der Waals surface area contributed by atoms with E-state index in [9.17, 15) is 13.2 Å². The lowest BCUT2D eigenvalue weighted by Gasteiger charge is -2.15. The lowest BCUT2D eigenvalue weighted by Crippen LogP contribution is -2.18. The minimum atomic E-state index is -4.84. The highest BCUT2D eigenvalue weighted by atomic mass is 19.4. The Labute approximate surface area is 95.1 Å². The minimum Gasteiger partial charge on any atom is -0.490 e. The monoisotopic (exact) mass is 253 g/mol. The van der Waals surface area contributed by atoms with Crippen LogP contribution >= 0.6 is 0 Å². The third-order valence-corrected chi connectivity index (χ3v) is 1.75. The van der Waals surface area contributed by atoms with Crippen LogP contribution in [0.5, 0.6) is 23.1 Å². The van der Waals surface area contributed by atoms with Gasteiger partial charge in [-0.25, -0.2) is 4.98 Å². The van der Waals surface area contributed by atoms with Crippen molar-refractivity contribution < 1.29 is 32.1 Å². The molecule has 0 aromatic carbocycles. The van der Waals surface area contributed by atoms with Crippen molar-refractivity contribution in [2.24, 2.45) is 0 Å². The van der Waals surface area contributed by atoms with E-state index in [1.807, 2.05) is 0 Å². The first-order valence-corrected chi connectivity index (χ1v) is 4.33. The van der Waals surface area contributed by atoms with Crippen LogP contribution in [0.1, 0.15) is 0 Å². The maximum Gasteiger partial charge on any atom is 0.573 e. The van der Waals surface area contributed by atoms with E-state index in [1.165, 1.54) is 21.3 Å². The normalized spacial score (nSPS) is 10.9. The quantitative estimate of drug-likeness (QED) is 0.821. The van der Waals surface area contributed by atoms with Crippen molar-refractivity contribution in [3.05, 3.63) is 6.20 Å². The first-order chi connectivity index (χ1) is 7.92. The largest absolute Gasteiger partial charge is 0.573 e. The average Bonchev–Trinajstić information content (AvgIpc) is 2.26. The highest BCUT2D eigenvalue weighted by Crippen LogP contribution is 2.43. The molecule has 0 radical (unpaired) electrons. The second-order valence-corrected chi connectivity index (χ2v) is 2.75. The molecule has 0 aliphatic rings. The number of ether oxygens (including phenoxy) is 4. The van der Waals surface area contributed by atoms with E-state index >= 15 is 0 Å². The average molecular weight is 253 g/mol.